The molecular weight excluding hydrogens is 382 g/mol. The normalized spacial score (nSPS) is 17.9. The number of nitrogens with zero attached hydrogens (tertiary/aromatic N) is 1. The highest BCUT2D eigenvalue weighted by molar-refractivity contribution is 5.92. The zero-order chi connectivity index (χ0) is 21.5. The number of carbonyl (C=O) groups excluding carboxylic acids is 2. The summed E-state index contributed by atoms with van der Waals surface area (Å²) in [4.78, 5) is 38.8. The van der Waals surface area contributed by atoms with Crippen molar-refractivity contribution >= 4 is 17.8 Å². The number of rotatable bonds is 8. The fourth-order valence-electron chi connectivity index (χ4n) is 3.78. The van der Waals surface area contributed by atoms with Crippen molar-refractivity contribution in [3.8, 4) is 0 Å². The van der Waals surface area contributed by atoms with Crippen LogP contribution in [0.15, 0.2) is 60.7 Å². The van der Waals surface area contributed by atoms with Crippen molar-refractivity contribution < 1.29 is 19.5 Å². The Labute approximate surface area is 175 Å². The first kappa shape index (κ1) is 21.5. The number of carbonyl (C=O) groups is 3. The molecule has 3 atom stereocenters. The van der Waals surface area contributed by atoms with Gasteiger partial charge < -0.3 is 21.1 Å². The Morgan fingerprint density at radius 1 is 1.00 bits per heavy atom. The van der Waals surface area contributed by atoms with E-state index >= 15 is 0 Å². The van der Waals surface area contributed by atoms with Crippen LogP contribution in [0.4, 0.5) is 0 Å². The van der Waals surface area contributed by atoms with E-state index in [2.05, 4.69) is 5.32 Å². The topological polar surface area (TPSA) is 113 Å². The molecule has 30 heavy (non-hydrogen) atoms. The van der Waals surface area contributed by atoms with Crippen LogP contribution < -0.4 is 11.1 Å². The number of hydrogen-bond acceptors (Lipinski definition) is 4. The summed E-state index contributed by atoms with van der Waals surface area (Å²) in [5, 5.41) is 12.2. The zero-order valence-electron chi connectivity index (χ0n) is 16.7. The minimum absolute atomic E-state index is 0.270. The standard InChI is InChI=1S/C23H27N3O4/c24-18(14-16-8-3-1-4-9-16)21(27)25-19(15-17-10-5-2-6-11-17)22(28)26-13-7-12-20(26)23(29)30/h1-6,8-11,18-20H,7,12-15,24H2,(H,25,27)(H,29,30)/t18?,19?,20-/m0/s1. The number of amides is 2. The Balaban J connectivity index is 1.74. The Morgan fingerprint density at radius 2 is 1.57 bits per heavy atom. The minimum Gasteiger partial charge on any atom is -0.480 e. The number of carboxylic acids is 1. The van der Waals surface area contributed by atoms with E-state index in [9.17, 15) is 19.5 Å². The Bertz CT molecular complexity index is 873. The molecule has 1 aliphatic rings. The van der Waals surface area contributed by atoms with Crippen molar-refractivity contribution in [1.82, 2.24) is 10.2 Å². The highest BCUT2D eigenvalue weighted by Gasteiger charge is 2.38. The molecular formula is C23H27N3O4. The van der Waals surface area contributed by atoms with Gasteiger partial charge in [-0.15, -0.1) is 0 Å². The average Bonchev–Trinajstić information content (AvgIpc) is 3.24. The van der Waals surface area contributed by atoms with E-state index in [1.165, 1.54) is 4.90 Å². The molecule has 0 aromatic heterocycles. The highest BCUT2D eigenvalue weighted by Crippen LogP contribution is 2.19. The molecule has 0 bridgehead atoms. The fourth-order valence-corrected chi connectivity index (χ4v) is 3.78. The zero-order valence-corrected chi connectivity index (χ0v) is 16.7. The third-order valence-electron chi connectivity index (χ3n) is 5.35. The van der Waals surface area contributed by atoms with E-state index in [4.69, 9.17) is 5.73 Å². The lowest BCUT2D eigenvalue weighted by Gasteiger charge is -2.28. The van der Waals surface area contributed by atoms with Gasteiger partial charge in [-0.05, 0) is 30.4 Å². The first-order chi connectivity index (χ1) is 14.5. The second-order valence-electron chi connectivity index (χ2n) is 7.58. The third-order valence-corrected chi connectivity index (χ3v) is 5.35. The molecule has 7 nitrogen and oxygen atoms in total. The van der Waals surface area contributed by atoms with Gasteiger partial charge in [0.2, 0.25) is 11.8 Å². The SMILES string of the molecule is NC(Cc1ccccc1)C(=O)NC(Cc1ccccc1)C(=O)N1CCC[C@H]1C(=O)O. The van der Waals surface area contributed by atoms with Crippen LogP contribution in [0.1, 0.15) is 24.0 Å². The van der Waals surface area contributed by atoms with Crippen molar-refractivity contribution in [3.05, 3.63) is 71.8 Å². The van der Waals surface area contributed by atoms with Crippen LogP contribution in [-0.2, 0) is 27.2 Å². The Morgan fingerprint density at radius 3 is 2.13 bits per heavy atom. The van der Waals surface area contributed by atoms with E-state index in [0.29, 0.717) is 25.8 Å². The summed E-state index contributed by atoms with van der Waals surface area (Å²) in [5.41, 5.74) is 7.89. The molecule has 2 aromatic rings. The number of benzene rings is 2. The van der Waals surface area contributed by atoms with Crippen LogP contribution >= 0.6 is 0 Å². The maximum atomic E-state index is 13.2. The van der Waals surface area contributed by atoms with Crippen LogP contribution in [0.5, 0.6) is 0 Å². The molecule has 2 unspecified atom stereocenters. The van der Waals surface area contributed by atoms with Gasteiger partial charge in [-0.25, -0.2) is 4.79 Å². The van der Waals surface area contributed by atoms with Crippen LogP contribution in [0.2, 0.25) is 0 Å². The van der Waals surface area contributed by atoms with E-state index in [1.54, 1.807) is 0 Å². The molecule has 1 fully saturated rings. The summed E-state index contributed by atoms with van der Waals surface area (Å²) >= 11 is 0. The minimum atomic E-state index is -1.02. The van der Waals surface area contributed by atoms with Gasteiger partial charge in [0.1, 0.15) is 12.1 Å². The monoisotopic (exact) mass is 409 g/mol. The number of nitrogens with one attached hydrogen (secondary N) is 1. The van der Waals surface area contributed by atoms with Gasteiger partial charge >= 0.3 is 5.97 Å². The number of carboxylic acid groups (broad SMARTS) is 1. The molecule has 1 aliphatic heterocycles. The number of likely N-dealkylation sites (tertiary alicyclic amines) is 1. The molecule has 1 saturated heterocycles. The molecule has 2 aromatic carbocycles. The van der Waals surface area contributed by atoms with Gasteiger partial charge in [0.05, 0.1) is 6.04 Å². The molecule has 0 radical (unpaired) electrons. The third kappa shape index (κ3) is 5.45. The Hall–Kier alpha value is -3.19. The van der Waals surface area contributed by atoms with Crippen LogP contribution in [0.3, 0.4) is 0 Å². The molecule has 158 valence electrons. The maximum Gasteiger partial charge on any atom is 0.326 e. The quantitative estimate of drug-likeness (QED) is 0.609. The number of aliphatic carboxylic acids is 1. The van der Waals surface area contributed by atoms with Crippen molar-refractivity contribution in [2.75, 3.05) is 6.54 Å². The smallest absolute Gasteiger partial charge is 0.326 e. The van der Waals surface area contributed by atoms with Gasteiger partial charge in [0, 0.05) is 13.0 Å². The van der Waals surface area contributed by atoms with E-state index in [1.807, 2.05) is 60.7 Å². The lowest BCUT2D eigenvalue weighted by Crippen LogP contribution is -2.55. The van der Waals surface area contributed by atoms with Gasteiger partial charge in [-0.1, -0.05) is 60.7 Å². The fraction of sp³-hybridized carbons (Fsp3) is 0.348. The summed E-state index contributed by atoms with van der Waals surface area (Å²) in [6.07, 6.45) is 1.66. The van der Waals surface area contributed by atoms with Crippen LogP contribution in [0.25, 0.3) is 0 Å². The average molecular weight is 409 g/mol. The molecule has 3 rings (SSSR count). The largest absolute Gasteiger partial charge is 0.480 e. The van der Waals surface area contributed by atoms with Gasteiger partial charge in [-0.2, -0.15) is 0 Å². The first-order valence-corrected chi connectivity index (χ1v) is 10.1. The predicted molar refractivity (Wildman–Crippen MR) is 113 cm³/mol. The molecule has 2 amide bonds. The maximum absolute atomic E-state index is 13.2. The second-order valence-corrected chi connectivity index (χ2v) is 7.58. The van der Waals surface area contributed by atoms with Crippen molar-refractivity contribution in [1.29, 1.82) is 0 Å². The molecule has 0 spiro atoms. The van der Waals surface area contributed by atoms with E-state index in [0.717, 1.165) is 11.1 Å². The Kier molecular flexibility index (Phi) is 7.19. The molecule has 7 heteroatoms. The van der Waals surface area contributed by atoms with E-state index < -0.39 is 30.0 Å². The number of nitrogens with two attached hydrogens (primary N) is 1. The lowest BCUT2D eigenvalue weighted by molar-refractivity contribution is -0.149. The lowest BCUT2D eigenvalue weighted by atomic mass is 10.0. The van der Waals surface area contributed by atoms with Crippen molar-refractivity contribution in [2.45, 2.75) is 43.8 Å². The summed E-state index contributed by atoms with van der Waals surface area (Å²) in [7, 11) is 0. The van der Waals surface area contributed by atoms with Crippen molar-refractivity contribution in [2.24, 2.45) is 5.73 Å². The summed E-state index contributed by atoms with van der Waals surface area (Å²) in [5.74, 6) is -1.84. The van der Waals surface area contributed by atoms with Crippen LogP contribution in [-0.4, -0.2) is 52.5 Å². The van der Waals surface area contributed by atoms with Gasteiger partial charge in [0.15, 0.2) is 0 Å². The van der Waals surface area contributed by atoms with E-state index in [-0.39, 0.29) is 12.3 Å². The first-order valence-electron chi connectivity index (χ1n) is 10.1. The molecule has 0 saturated carbocycles. The predicted octanol–water partition coefficient (Wildman–Crippen LogP) is 1.36. The van der Waals surface area contributed by atoms with Crippen molar-refractivity contribution in [3.63, 3.8) is 0 Å². The molecule has 4 N–H and O–H groups in total. The van der Waals surface area contributed by atoms with Gasteiger partial charge in [0.25, 0.3) is 0 Å². The van der Waals surface area contributed by atoms with Crippen LogP contribution in [0, 0.1) is 0 Å². The highest BCUT2D eigenvalue weighted by atomic mass is 16.4. The second kappa shape index (κ2) is 10.0. The number of hydrogen-bond donors (Lipinski definition) is 3. The molecule has 0 aliphatic carbocycles. The van der Waals surface area contributed by atoms with Gasteiger partial charge in [-0.3, -0.25) is 9.59 Å². The summed E-state index contributed by atoms with van der Waals surface area (Å²) in [6.45, 7) is 0.368. The summed E-state index contributed by atoms with van der Waals surface area (Å²) in [6, 6.07) is 16.2. The molecule has 1 heterocycles. The summed E-state index contributed by atoms with van der Waals surface area (Å²) < 4.78 is 0.